The highest BCUT2D eigenvalue weighted by Gasteiger charge is 2.25. The quantitative estimate of drug-likeness (QED) is 0.734. The van der Waals surface area contributed by atoms with Crippen LogP contribution < -0.4 is 5.32 Å². The fraction of sp³-hybridized carbons (Fsp3) is 0.692. The Balaban J connectivity index is 2.08. The van der Waals surface area contributed by atoms with E-state index < -0.39 is 6.10 Å². The highest BCUT2D eigenvalue weighted by Crippen LogP contribution is 2.24. The van der Waals surface area contributed by atoms with Crippen molar-refractivity contribution in [3.05, 3.63) is 23.0 Å². The Morgan fingerprint density at radius 1 is 1.29 bits per heavy atom. The topological polar surface area (TPSA) is 51.3 Å². The van der Waals surface area contributed by atoms with E-state index in [1.807, 2.05) is 13.8 Å². The Morgan fingerprint density at radius 3 is 2.47 bits per heavy atom. The van der Waals surface area contributed by atoms with E-state index in [9.17, 15) is 5.11 Å². The normalized spacial score (nSPS) is 21.4. The average molecular weight is 237 g/mol. The Hall–Kier alpha value is -0.840. The van der Waals surface area contributed by atoms with Gasteiger partial charge in [0.2, 0.25) is 0 Å². The van der Waals surface area contributed by atoms with Gasteiger partial charge in [0.05, 0.1) is 6.10 Å². The first kappa shape index (κ1) is 12.6. The van der Waals surface area contributed by atoms with Crippen molar-refractivity contribution in [1.29, 1.82) is 0 Å². The summed E-state index contributed by atoms with van der Waals surface area (Å²) >= 11 is 0. The number of nitrogens with one attached hydrogen (secondary N) is 2. The summed E-state index contributed by atoms with van der Waals surface area (Å²) < 4.78 is 0. The highest BCUT2D eigenvalue weighted by atomic mass is 16.3. The van der Waals surface area contributed by atoms with Crippen molar-refractivity contribution in [3.8, 4) is 0 Å². The van der Waals surface area contributed by atoms with Gasteiger partial charge < -0.3 is 15.4 Å². The predicted octanol–water partition coefficient (Wildman–Crippen LogP) is 0.959. The molecule has 1 fully saturated rings. The lowest BCUT2D eigenvalue weighted by molar-refractivity contribution is 0.0507. The second-order valence-electron chi connectivity index (χ2n) is 5.00. The zero-order valence-corrected chi connectivity index (χ0v) is 11.0. The number of hydrogen-bond acceptors (Lipinski definition) is 3. The van der Waals surface area contributed by atoms with Crippen molar-refractivity contribution in [3.63, 3.8) is 0 Å². The van der Waals surface area contributed by atoms with Crippen LogP contribution in [0.1, 0.15) is 30.0 Å². The van der Waals surface area contributed by atoms with Crippen LogP contribution in [0.5, 0.6) is 0 Å². The fourth-order valence-electron chi connectivity index (χ4n) is 2.60. The molecular weight excluding hydrogens is 214 g/mol. The maximum atomic E-state index is 10.5. The molecule has 4 nitrogen and oxygen atoms in total. The van der Waals surface area contributed by atoms with Crippen LogP contribution in [0, 0.1) is 13.8 Å². The van der Waals surface area contributed by atoms with Crippen LogP contribution in [-0.2, 0) is 0 Å². The summed E-state index contributed by atoms with van der Waals surface area (Å²) in [5.41, 5.74) is 3.23. The van der Waals surface area contributed by atoms with Gasteiger partial charge in [0.15, 0.2) is 0 Å². The van der Waals surface area contributed by atoms with E-state index in [0.29, 0.717) is 0 Å². The SMILES string of the molecule is Cc1cc(C(O)C(C)N2CCNCC2)c(C)[nH]1. The molecule has 0 spiro atoms. The maximum Gasteiger partial charge on any atom is 0.0959 e. The van der Waals surface area contributed by atoms with Crippen molar-refractivity contribution in [2.24, 2.45) is 0 Å². The van der Waals surface area contributed by atoms with E-state index in [-0.39, 0.29) is 6.04 Å². The Labute approximate surface area is 103 Å². The Morgan fingerprint density at radius 2 is 1.94 bits per heavy atom. The molecule has 0 amide bonds. The molecule has 0 saturated carbocycles. The molecule has 0 bridgehead atoms. The largest absolute Gasteiger partial charge is 0.387 e. The number of hydrogen-bond donors (Lipinski definition) is 3. The summed E-state index contributed by atoms with van der Waals surface area (Å²) in [6.07, 6.45) is -0.405. The molecule has 3 N–H and O–H groups in total. The lowest BCUT2D eigenvalue weighted by atomic mass is 10.0. The second kappa shape index (κ2) is 5.21. The van der Waals surface area contributed by atoms with Gasteiger partial charge in [0.1, 0.15) is 0 Å². The third-order valence-corrected chi connectivity index (χ3v) is 3.69. The van der Waals surface area contributed by atoms with E-state index in [0.717, 1.165) is 43.1 Å². The van der Waals surface area contributed by atoms with E-state index >= 15 is 0 Å². The zero-order valence-electron chi connectivity index (χ0n) is 11.0. The number of aliphatic hydroxyl groups is 1. The average Bonchev–Trinajstić information content (AvgIpc) is 2.68. The summed E-state index contributed by atoms with van der Waals surface area (Å²) in [7, 11) is 0. The van der Waals surface area contributed by atoms with Crippen LogP contribution in [0.3, 0.4) is 0 Å². The summed E-state index contributed by atoms with van der Waals surface area (Å²) in [6, 6.07) is 2.23. The molecule has 2 atom stereocenters. The van der Waals surface area contributed by atoms with Gasteiger partial charge in [0, 0.05) is 49.2 Å². The molecule has 1 saturated heterocycles. The number of aliphatic hydroxyl groups excluding tert-OH is 1. The zero-order chi connectivity index (χ0) is 12.4. The first-order valence-corrected chi connectivity index (χ1v) is 6.38. The molecule has 2 unspecified atom stereocenters. The van der Waals surface area contributed by atoms with E-state index in [4.69, 9.17) is 0 Å². The maximum absolute atomic E-state index is 10.5. The van der Waals surface area contributed by atoms with Gasteiger partial charge in [-0.2, -0.15) is 0 Å². The third kappa shape index (κ3) is 2.70. The van der Waals surface area contributed by atoms with E-state index in [2.05, 4.69) is 28.2 Å². The van der Waals surface area contributed by atoms with Gasteiger partial charge in [-0.15, -0.1) is 0 Å². The van der Waals surface area contributed by atoms with Crippen molar-refractivity contribution in [2.75, 3.05) is 26.2 Å². The lowest BCUT2D eigenvalue weighted by Crippen LogP contribution is -2.49. The molecule has 96 valence electrons. The molecule has 1 aliphatic heterocycles. The molecule has 2 rings (SSSR count). The van der Waals surface area contributed by atoms with Gasteiger partial charge in [-0.1, -0.05) is 0 Å². The molecule has 0 radical (unpaired) electrons. The standard InChI is InChI=1S/C13H23N3O/c1-9-8-12(10(2)15-9)13(17)11(3)16-6-4-14-5-7-16/h8,11,13-15,17H,4-7H2,1-3H3. The summed E-state index contributed by atoms with van der Waals surface area (Å²) in [5, 5.41) is 13.8. The van der Waals surface area contributed by atoms with Crippen molar-refractivity contribution in [1.82, 2.24) is 15.2 Å². The van der Waals surface area contributed by atoms with Crippen LogP contribution in [-0.4, -0.2) is 47.2 Å². The lowest BCUT2D eigenvalue weighted by Gasteiger charge is -2.35. The van der Waals surface area contributed by atoms with Gasteiger partial charge >= 0.3 is 0 Å². The Bertz CT molecular complexity index is 369. The highest BCUT2D eigenvalue weighted by molar-refractivity contribution is 5.27. The minimum Gasteiger partial charge on any atom is -0.387 e. The Kier molecular flexibility index (Phi) is 3.86. The number of aryl methyl sites for hydroxylation is 2. The first-order chi connectivity index (χ1) is 8.09. The summed E-state index contributed by atoms with van der Waals surface area (Å²) in [4.78, 5) is 5.61. The molecule has 1 aromatic heterocycles. The number of piperazine rings is 1. The molecular formula is C13H23N3O. The number of H-pyrrole nitrogens is 1. The van der Waals surface area contributed by atoms with Gasteiger partial charge in [-0.25, -0.2) is 0 Å². The van der Waals surface area contributed by atoms with Crippen molar-refractivity contribution in [2.45, 2.75) is 32.9 Å². The molecule has 1 aliphatic rings. The smallest absolute Gasteiger partial charge is 0.0959 e. The summed E-state index contributed by atoms with van der Waals surface area (Å²) in [6.45, 7) is 10.2. The molecule has 0 aliphatic carbocycles. The van der Waals surface area contributed by atoms with Crippen LogP contribution >= 0.6 is 0 Å². The predicted molar refractivity (Wildman–Crippen MR) is 69.1 cm³/mol. The van der Waals surface area contributed by atoms with Crippen LogP contribution in [0.2, 0.25) is 0 Å². The van der Waals surface area contributed by atoms with Gasteiger partial charge in [-0.05, 0) is 26.8 Å². The van der Waals surface area contributed by atoms with Crippen LogP contribution in [0.4, 0.5) is 0 Å². The molecule has 1 aromatic rings. The first-order valence-electron chi connectivity index (χ1n) is 6.38. The third-order valence-electron chi connectivity index (χ3n) is 3.69. The minimum atomic E-state index is -0.405. The number of aromatic amines is 1. The second-order valence-corrected chi connectivity index (χ2v) is 5.00. The van der Waals surface area contributed by atoms with Crippen LogP contribution in [0.15, 0.2) is 6.07 Å². The van der Waals surface area contributed by atoms with Gasteiger partial charge in [-0.3, -0.25) is 4.90 Å². The van der Waals surface area contributed by atoms with Crippen molar-refractivity contribution < 1.29 is 5.11 Å². The van der Waals surface area contributed by atoms with Crippen molar-refractivity contribution >= 4 is 0 Å². The molecule has 17 heavy (non-hydrogen) atoms. The fourth-order valence-corrected chi connectivity index (χ4v) is 2.60. The number of rotatable bonds is 3. The molecule has 2 heterocycles. The number of nitrogens with zero attached hydrogens (tertiary/aromatic N) is 1. The molecule has 0 aromatic carbocycles. The van der Waals surface area contributed by atoms with E-state index in [1.165, 1.54) is 0 Å². The minimum absolute atomic E-state index is 0.172. The van der Waals surface area contributed by atoms with E-state index in [1.54, 1.807) is 0 Å². The number of aromatic nitrogens is 1. The monoisotopic (exact) mass is 237 g/mol. The molecule has 4 heteroatoms. The summed E-state index contributed by atoms with van der Waals surface area (Å²) in [5.74, 6) is 0. The van der Waals surface area contributed by atoms with Gasteiger partial charge in [0.25, 0.3) is 0 Å². The van der Waals surface area contributed by atoms with Crippen LogP contribution in [0.25, 0.3) is 0 Å².